The fraction of sp³-hybridized carbons (Fsp3) is 0. The Bertz CT molecular complexity index is 3460. The molecule has 0 atom stereocenters. The van der Waals surface area contributed by atoms with E-state index in [1.807, 2.05) is 29.5 Å². The fourth-order valence-electron chi connectivity index (χ4n) is 8.41. The molecule has 4 nitrogen and oxygen atoms in total. The number of aromatic nitrogens is 3. The SMILES string of the molecule is c1ccc(-c2ccc3cc(-c4nc(-n5c6ccccc6c6c7sc8ccccc8c7c7ccccc7c65)nc5c4oc4ccccc45)ccc3c2)cc1. The number of nitrogens with zero attached hydrogens (tertiary/aromatic N) is 3. The normalized spacial score (nSPS) is 12.2. The van der Waals surface area contributed by atoms with Crippen LogP contribution in [0.5, 0.6) is 0 Å². The third-order valence-electron chi connectivity index (χ3n) is 10.8. The van der Waals surface area contributed by atoms with Gasteiger partial charge in [0, 0.05) is 47.3 Å². The molecule has 5 heteroatoms. The molecule has 0 N–H and O–H groups in total. The van der Waals surface area contributed by atoms with Crippen LogP contribution in [0.4, 0.5) is 0 Å². The van der Waals surface area contributed by atoms with Gasteiger partial charge in [-0.1, -0.05) is 127 Å². The van der Waals surface area contributed by atoms with Gasteiger partial charge in [0.05, 0.1) is 11.0 Å². The Balaban J connectivity index is 1.19. The van der Waals surface area contributed by atoms with Crippen LogP contribution >= 0.6 is 11.3 Å². The molecule has 12 aromatic rings. The van der Waals surface area contributed by atoms with Gasteiger partial charge in [0.2, 0.25) is 5.95 Å². The van der Waals surface area contributed by atoms with Crippen molar-refractivity contribution < 1.29 is 4.42 Å². The highest BCUT2D eigenvalue weighted by Crippen LogP contribution is 2.48. The molecule has 53 heavy (non-hydrogen) atoms. The molecule has 0 saturated heterocycles. The van der Waals surface area contributed by atoms with E-state index in [2.05, 4.69) is 150 Å². The van der Waals surface area contributed by atoms with Crippen molar-refractivity contribution >= 4 is 96.9 Å². The predicted octanol–water partition coefficient (Wildman–Crippen LogP) is 13.5. The summed E-state index contributed by atoms with van der Waals surface area (Å²) in [6.45, 7) is 0. The highest BCUT2D eigenvalue weighted by Gasteiger charge is 2.25. The third-order valence-corrected chi connectivity index (χ3v) is 12.0. The van der Waals surface area contributed by atoms with Crippen LogP contribution in [-0.4, -0.2) is 14.5 Å². The third kappa shape index (κ3) is 4.11. The van der Waals surface area contributed by atoms with Gasteiger partial charge in [0.15, 0.2) is 5.58 Å². The number of para-hydroxylation sites is 2. The van der Waals surface area contributed by atoms with Crippen LogP contribution in [0.2, 0.25) is 0 Å². The van der Waals surface area contributed by atoms with Gasteiger partial charge < -0.3 is 4.42 Å². The molecule has 12 rings (SSSR count). The Labute approximate surface area is 306 Å². The van der Waals surface area contributed by atoms with Crippen molar-refractivity contribution in [2.45, 2.75) is 0 Å². The number of furan rings is 1. The maximum absolute atomic E-state index is 6.60. The lowest BCUT2D eigenvalue weighted by Gasteiger charge is -2.12. The van der Waals surface area contributed by atoms with E-state index in [4.69, 9.17) is 14.4 Å². The van der Waals surface area contributed by atoms with Crippen LogP contribution in [0, 0.1) is 0 Å². The van der Waals surface area contributed by atoms with Crippen molar-refractivity contribution in [1.82, 2.24) is 14.5 Å². The highest BCUT2D eigenvalue weighted by molar-refractivity contribution is 7.27. The zero-order chi connectivity index (χ0) is 34.6. The number of hydrogen-bond donors (Lipinski definition) is 0. The smallest absolute Gasteiger partial charge is 0.236 e. The van der Waals surface area contributed by atoms with Gasteiger partial charge >= 0.3 is 0 Å². The first-order valence-electron chi connectivity index (χ1n) is 17.8. The largest absolute Gasteiger partial charge is 0.452 e. The summed E-state index contributed by atoms with van der Waals surface area (Å²) in [4.78, 5) is 10.9. The van der Waals surface area contributed by atoms with Gasteiger partial charge in [0.1, 0.15) is 16.8 Å². The predicted molar refractivity (Wildman–Crippen MR) is 222 cm³/mol. The lowest BCUT2D eigenvalue weighted by molar-refractivity contribution is 0.666. The lowest BCUT2D eigenvalue weighted by Crippen LogP contribution is -2.03. The Hall–Kier alpha value is -6.82. The van der Waals surface area contributed by atoms with E-state index < -0.39 is 0 Å². The minimum absolute atomic E-state index is 0.621. The molecular weight excluding hydrogens is 667 g/mol. The van der Waals surface area contributed by atoms with Crippen molar-refractivity contribution in [2.75, 3.05) is 0 Å². The average molecular weight is 694 g/mol. The molecule has 0 unspecified atom stereocenters. The molecule has 0 radical (unpaired) electrons. The Kier molecular flexibility index (Phi) is 5.90. The van der Waals surface area contributed by atoms with E-state index in [1.54, 1.807) is 0 Å². The molecule has 246 valence electrons. The van der Waals surface area contributed by atoms with Crippen LogP contribution in [0.25, 0.3) is 114 Å². The molecule has 8 aromatic carbocycles. The quantitative estimate of drug-likeness (QED) is 0.185. The van der Waals surface area contributed by atoms with E-state index in [1.165, 1.54) is 58.2 Å². The Morgan fingerprint density at radius 2 is 1.15 bits per heavy atom. The molecule has 0 bridgehead atoms. The first-order valence-corrected chi connectivity index (χ1v) is 18.6. The maximum Gasteiger partial charge on any atom is 0.236 e. The van der Waals surface area contributed by atoms with Crippen LogP contribution in [0.15, 0.2) is 168 Å². The summed E-state index contributed by atoms with van der Waals surface area (Å²) in [5.41, 5.74) is 8.63. The fourth-order valence-corrected chi connectivity index (χ4v) is 9.68. The average Bonchev–Trinajstić information content (AvgIpc) is 3.91. The number of rotatable bonds is 3. The lowest BCUT2D eigenvalue weighted by atomic mass is 9.99. The van der Waals surface area contributed by atoms with Crippen LogP contribution < -0.4 is 0 Å². The standard InChI is InChI=1S/C48H27N3OS/c1-2-12-28(13-3-1)29-22-23-31-27-32(25-24-30(31)26-29)43-46-44(36-17-7-10-20-39(36)52-46)50-48(49-43)51-38-19-9-6-16-35(38)42-45(51)34-15-5-4-14-33(34)41-37-18-8-11-21-40(37)53-47(41)42/h1-27H. The van der Waals surface area contributed by atoms with Gasteiger partial charge in [-0.25, -0.2) is 9.97 Å². The van der Waals surface area contributed by atoms with E-state index >= 15 is 0 Å². The number of fused-ring (bicyclic) bond motifs is 14. The molecule has 0 fully saturated rings. The summed E-state index contributed by atoms with van der Waals surface area (Å²) >= 11 is 1.87. The van der Waals surface area contributed by atoms with E-state index in [0.29, 0.717) is 11.5 Å². The second kappa shape index (κ2) is 10.8. The molecule has 4 heterocycles. The minimum atomic E-state index is 0.621. The second-order valence-corrected chi connectivity index (χ2v) is 14.8. The minimum Gasteiger partial charge on any atom is -0.452 e. The molecule has 0 amide bonds. The van der Waals surface area contributed by atoms with Gasteiger partial charge in [-0.3, -0.25) is 4.57 Å². The molecule has 0 saturated carbocycles. The van der Waals surface area contributed by atoms with Crippen molar-refractivity contribution in [3.8, 4) is 28.3 Å². The molecule has 0 aliphatic carbocycles. The summed E-state index contributed by atoms with van der Waals surface area (Å²) in [5.74, 6) is 0.621. The van der Waals surface area contributed by atoms with Crippen molar-refractivity contribution in [2.24, 2.45) is 0 Å². The first-order chi connectivity index (χ1) is 26.3. The Morgan fingerprint density at radius 3 is 2.00 bits per heavy atom. The summed E-state index contributed by atoms with van der Waals surface area (Å²) in [6, 6.07) is 58.2. The summed E-state index contributed by atoms with van der Waals surface area (Å²) in [6.07, 6.45) is 0. The number of thiophene rings is 1. The van der Waals surface area contributed by atoms with Gasteiger partial charge in [-0.05, 0) is 63.7 Å². The van der Waals surface area contributed by atoms with Crippen LogP contribution in [-0.2, 0) is 0 Å². The van der Waals surface area contributed by atoms with Crippen LogP contribution in [0.3, 0.4) is 0 Å². The zero-order valence-electron chi connectivity index (χ0n) is 28.2. The number of benzene rings is 8. The van der Waals surface area contributed by atoms with Gasteiger partial charge in [-0.15, -0.1) is 11.3 Å². The zero-order valence-corrected chi connectivity index (χ0v) is 29.1. The van der Waals surface area contributed by atoms with E-state index in [9.17, 15) is 0 Å². The molecule has 0 aliphatic heterocycles. The monoisotopic (exact) mass is 693 g/mol. The van der Waals surface area contributed by atoms with Crippen molar-refractivity contribution in [3.05, 3.63) is 164 Å². The van der Waals surface area contributed by atoms with E-state index in [0.717, 1.165) is 44.2 Å². The Morgan fingerprint density at radius 1 is 0.491 bits per heavy atom. The number of hydrogen-bond acceptors (Lipinski definition) is 4. The molecule has 0 aliphatic rings. The van der Waals surface area contributed by atoms with Crippen LogP contribution in [0.1, 0.15) is 0 Å². The summed E-state index contributed by atoms with van der Waals surface area (Å²) in [7, 11) is 0. The van der Waals surface area contributed by atoms with Gasteiger partial charge in [-0.2, -0.15) is 0 Å². The summed E-state index contributed by atoms with van der Waals surface area (Å²) in [5, 5.41) is 10.7. The molecule has 0 spiro atoms. The van der Waals surface area contributed by atoms with E-state index in [-0.39, 0.29) is 0 Å². The first kappa shape index (κ1) is 28.8. The summed E-state index contributed by atoms with van der Waals surface area (Å²) < 4.78 is 11.5. The second-order valence-electron chi connectivity index (χ2n) is 13.7. The highest BCUT2D eigenvalue weighted by atomic mass is 32.1. The maximum atomic E-state index is 6.60. The molecular formula is C48H27N3OS. The topological polar surface area (TPSA) is 43.9 Å². The molecule has 4 aromatic heterocycles. The van der Waals surface area contributed by atoms with Crippen molar-refractivity contribution in [3.63, 3.8) is 0 Å². The van der Waals surface area contributed by atoms with Gasteiger partial charge in [0.25, 0.3) is 0 Å². The van der Waals surface area contributed by atoms with Crippen molar-refractivity contribution in [1.29, 1.82) is 0 Å².